The van der Waals surface area contributed by atoms with E-state index in [0.717, 1.165) is 16.8 Å². The van der Waals surface area contributed by atoms with Gasteiger partial charge in [0.15, 0.2) is 0 Å². The number of carbonyl (C=O) groups is 2. The number of benzene rings is 2. The van der Waals surface area contributed by atoms with Crippen LogP contribution in [0.15, 0.2) is 48.5 Å². The van der Waals surface area contributed by atoms with Crippen LogP contribution in [0.5, 0.6) is 5.75 Å². The molecule has 1 radical (unpaired) electrons. The third kappa shape index (κ3) is 10.4. The summed E-state index contributed by atoms with van der Waals surface area (Å²) in [6.45, 7) is 9.31. The van der Waals surface area contributed by atoms with Crippen LogP contribution in [-0.2, 0) is 14.2 Å². The monoisotopic (exact) mass is 532 g/mol. The molecule has 0 aromatic heterocycles. The first-order valence-corrected chi connectivity index (χ1v) is 15.3. The summed E-state index contributed by atoms with van der Waals surface area (Å²) in [5.41, 5.74) is 0.659. The minimum Gasteiger partial charge on any atom is -0.449 e. The van der Waals surface area contributed by atoms with Gasteiger partial charge in [-0.1, -0.05) is 47.4 Å². The van der Waals surface area contributed by atoms with E-state index in [9.17, 15) is 14.7 Å². The van der Waals surface area contributed by atoms with E-state index in [-0.39, 0.29) is 7.97 Å². The van der Waals surface area contributed by atoms with Gasteiger partial charge in [0, 0.05) is 13.7 Å². The number of carbonyl (C=O) groups excluding carboxylic acids is 2. The highest BCUT2D eigenvalue weighted by Gasteiger charge is 2.35. The van der Waals surface area contributed by atoms with Gasteiger partial charge < -0.3 is 24.6 Å². The third-order valence-electron chi connectivity index (χ3n) is 6.21. The fourth-order valence-corrected chi connectivity index (χ4v) is 3.50. The fraction of sp³-hybridized carbons (Fsp3) is 0.500. The standard InChI is InChI=1S/C28H41BNO6S.H2/c1-20-9-15-23(16-10-20)35-25(31)24(19-30-26(32)34-17-18-37(6,7)8)21-11-13-22(14-12-21)29-36-28(4,5)27(2,3)33;/h9-16,24,33H,17-19H2,1-8H3,(H,30,32);1H. The summed E-state index contributed by atoms with van der Waals surface area (Å²) >= 11 is 0. The minimum atomic E-state index is -1.04. The molecule has 0 aliphatic heterocycles. The quantitative estimate of drug-likeness (QED) is 0.242. The van der Waals surface area contributed by atoms with Crippen LogP contribution in [0.3, 0.4) is 0 Å². The van der Waals surface area contributed by atoms with Gasteiger partial charge in [-0.3, -0.25) is 4.79 Å². The van der Waals surface area contributed by atoms with Crippen LogP contribution in [0.1, 0.15) is 46.2 Å². The highest BCUT2D eigenvalue weighted by Crippen LogP contribution is 2.33. The van der Waals surface area contributed by atoms with Gasteiger partial charge in [-0.25, -0.2) is 14.8 Å². The van der Waals surface area contributed by atoms with Gasteiger partial charge in [0.2, 0.25) is 0 Å². The van der Waals surface area contributed by atoms with Crippen molar-refractivity contribution < 1.29 is 30.3 Å². The Hall–Kier alpha value is -2.49. The van der Waals surface area contributed by atoms with Gasteiger partial charge in [0.1, 0.15) is 12.4 Å². The van der Waals surface area contributed by atoms with Gasteiger partial charge in [0.05, 0.1) is 17.1 Å². The Morgan fingerprint density at radius 2 is 1.62 bits per heavy atom. The largest absolute Gasteiger partial charge is 0.449 e. The molecule has 2 aromatic carbocycles. The molecule has 0 fully saturated rings. The van der Waals surface area contributed by atoms with E-state index in [1.165, 1.54) is 0 Å². The Morgan fingerprint density at radius 1 is 1.03 bits per heavy atom. The van der Waals surface area contributed by atoms with Crippen molar-refractivity contribution in [3.63, 3.8) is 0 Å². The molecule has 2 aromatic rings. The molecule has 2 rings (SSSR count). The van der Waals surface area contributed by atoms with Crippen LogP contribution < -0.4 is 15.5 Å². The molecule has 9 heteroatoms. The van der Waals surface area contributed by atoms with E-state index in [2.05, 4.69) is 24.1 Å². The van der Waals surface area contributed by atoms with Crippen molar-refractivity contribution in [2.75, 3.05) is 37.7 Å². The molecular formula is C28H43BNO6S. The number of ether oxygens (including phenoxy) is 2. The van der Waals surface area contributed by atoms with Crippen molar-refractivity contribution in [3.05, 3.63) is 59.7 Å². The highest BCUT2D eigenvalue weighted by atomic mass is 32.3. The Balaban J connectivity index is 0.00000722. The average molecular weight is 533 g/mol. The van der Waals surface area contributed by atoms with Crippen molar-refractivity contribution >= 4 is 35.0 Å². The van der Waals surface area contributed by atoms with Crippen molar-refractivity contribution in [2.24, 2.45) is 0 Å². The van der Waals surface area contributed by atoms with E-state index in [0.29, 0.717) is 17.9 Å². The van der Waals surface area contributed by atoms with Crippen LogP contribution in [0.4, 0.5) is 4.79 Å². The van der Waals surface area contributed by atoms with Crippen molar-refractivity contribution in [3.8, 4) is 5.75 Å². The summed E-state index contributed by atoms with van der Waals surface area (Å²) in [5, 5.41) is 13.0. The van der Waals surface area contributed by atoms with Gasteiger partial charge in [0.25, 0.3) is 0 Å². The maximum absolute atomic E-state index is 13.1. The lowest BCUT2D eigenvalue weighted by molar-refractivity contribution is -0.136. The van der Waals surface area contributed by atoms with Crippen LogP contribution in [-0.4, -0.2) is 73.5 Å². The number of hydrogen-bond acceptors (Lipinski definition) is 6. The highest BCUT2D eigenvalue weighted by molar-refractivity contribution is 8.32. The van der Waals surface area contributed by atoms with E-state index in [1.54, 1.807) is 45.6 Å². The number of alkyl carbamates (subject to hydrolysis) is 1. The zero-order valence-electron chi connectivity index (χ0n) is 23.3. The van der Waals surface area contributed by atoms with E-state index >= 15 is 0 Å². The SMILES string of the molecule is Cc1ccc(OC(=O)C(CNC(=O)OCCS(C)(C)C)c2ccc([B]OC(C)(C)C(C)(C)O)cc2)cc1.[HH]. The van der Waals surface area contributed by atoms with Gasteiger partial charge in [-0.15, -0.1) is 0 Å². The summed E-state index contributed by atoms with van der Waals surface area (Å²) in [6.07, 6.45) is 5.90. The second-order valence-corrected chi connectivity index (χ2v) is 15.7. The number of rotatable bonds is 12. The number of aliphatic hydroxyl groups is 1. The number of esters is 1. The molecule has 2 N–H and O–H groups in total. The lowest BCUT2D eigenvalue weighted by Crippen LogP contribution is -2.49. The average Bonchev–Trinajstić information content (AvgIpc) is 2.78. The predicted octanol–water partition coefficient (Wildman–Crippen LogP) is 4.16. The first-order chi connectivity index (χ1) is 17.1. The second kappa shape index (κ2) is 12.8. The zero-order chi connectivity index (χ0) is 27.9. The van der Waals surface area contributed by atoms with E-state index in [1.807, 2.05) is 45.0 Å². The van der Waals surface area contributed by atoms with Crippen LogP contribution in [0, 0.1) is 6.92 Å². The lowest BCUT2D eigenvalue weighted by Gasteiger charge is -2.37. The maximum Gasteiger partial charge on any atom is 0.407 e. The van der Waals surface area contributed by atoms with Crippen molar-refractivity contribution in [1.29, 1.82) is 0 Å². The van der Waals surface area contributed by atoms with E-state index in [4.69, 9.17) is 14.1 Å². The summed E-state index contributed by atoms with van der Waals surface area (Å²) in [5.74, 6) is 0.0108. The topological polar surface area (TPSA) is 94.1 Å². The molecule has 1 unspecified atom stereocenters. The molecule has 1 amide bonds. The van der Waals surface area contributed by atoms with Gasteiger partial charge >= 0.3 is 19.5 Å². The Morgan fingerprint density at radius 3 is 2.16 bits per heavy atom. The summed E-state index contributed by atoms with van der Waals surface area (Å²) in [6, 6.07) is 14.4. The number of aryl methyl sites for hydroxylation is 1. The molecule has 0 spiro atoms. The normalized spacial score (nSPS) is 13.4. The molecule has 0 saturated carbocycles. The number of hydrogen-bond donors (Lipinski definition) is 2. The van der Waals surface area contributed by atoms with E-state index < -0.39 is 39.2 Å². The molecule has 0 aliphatic rings. The molecule has 0 aliphatic carbocycles. The Bertz CT molecular complexity index is 1030. The fourth-order valence-electron chi connectivity index (χ4n) is 2.92. The third-order valence-corrected chi connectivity index (χ3v) is 7.60. The minimum absolute atomic E-state index is 0. The van der Waals surface area contributed by atoms with Gasteiger partial charge in [-0.05, 0) is 71.1 Å². The summed E-state index contributed by atoms with van der Waals surface area (Å²) in [7, 11) is 0.800. The molecule has 37 heavy (non-hydrogen) atoms. The lowest BCUT2D eigenvalue weighted by atomic mass is 9.82. The smallest absolute Gasteiger partial charge is 0.407 e. The summed E-state index contributed by atoms with van der Waals surface area (Å²) in [4.78, 5) is 25.4. The molecule has 7 nitrogen and oxygen atoms in total. The second-order valence-electron chi connectivity index (χ2n) is 11.1. The summed E-state index contributed by atoms with van der Waals surface area (Å²) < 4.78 is 16.7. The molecular weight excluding hydrogens is 489 g/mol. The Labute approximate surface area is 225 Å². The zero-order valence-corrected chi connectivity index (χ0v) is 24.1. The first-order valence-electron chi connectivity index (χ1n) is 12.3. The predicted molar refractivity (Wildman–Crippen MR) is 155 cm³/mol. The Kier molecular flexibility index (Phi) is 10.7. The molecule has 205 valence electrons. The van der Waals surface area contributed by atoms with Crippen LogP contribution in [0.25, 0.3) is 0 Å². The van der Waals surface area contributed by atoms with Gasteiger partial charge in [-0.2, -0.15) is 0 Å². The number of amides is 1. The molecule has 0 heterocycles. The number of nitrogens with one attached hydrogen (secondary N) is 1. The van der Waals surface area contributed by atoms with Crippen molar-refractivity contribution in [2.45, 2.75) is 51.7 Å². The molecule has 0 saturated heterocycles. The van der Waals surface area contributed by atoms with Crippen LogP contribution >= 0.6 is 10.0 Å². The molecule has 0 bridgehead atoms. The van der Waals surface area contributed by atoms with Crippen LogP contribution in [0.2, 0.25) is 0 Å². The maximum atomic E-state index is 13.1. The molecule has 1 atom stereocenters. The van der Waals surface area contributed by atoms with Crippen molar-refractivity contribution in [1.82, 2.24) is 5.32 Å². The first kappa shape index (κ1) is 30.7.